The molecule has 1 saturated heterocycles. The van der Waals surface area contributed by atoms with Crippen molar-refractivity contribution in [1.29, 1.82) is 0 Å². The molecule has 1 aliphatic rings. The highest BCUT2D eigenvalue weighted by molar-refractivity contribution is 5.95. The number of rotatable bonds is 3. The molecule has 0 bridgehead atoms. The molecule has 0 spiro atoms. The summed E-state index contributed by atoms with van der Waals surface area (Å²) in [5.41, 5.74) is 1.64. The first-order valence-corrected chi connectivity index (χ1v) is 7.98. The van der Waals surface area contributed by atoms with E-state index in [0.29, 0.717) is 16.7 Å². The Morgan fingerprint density at radius 3 is 2.17 bits per heavy atom. The zero-order valence-corrected chi connectivity index (χ0v) is 13.2. The Morgan fingerprint density at radius 1 is 0.875 bits per heavy atom. The van der Waals surface area contributed by atoms with Crippen LogP contribution in [0, 0.1) is 5.82 Å². The average Bonchev–Trinajstić information content (AvgIpc) is 2.61. The second kappa shape index (κ2) is 6.83. The lowest BCUT2D eigenvalue weighted by atomic mass is 10.0. The molecular formula is C19H18FNO3. The molecule has 4 nitrogen and oxygen atoms in total. The molecule has 2 aromatic rings. The van der Waals surface area contributed by atoms with Gasteiger partial charge in [-0.05, 0) is 60.7 Å². The highest BCUT2D eigenvalue weighted by Gasteiger charge is 2.18. The number of likely N-dealkylation sites (tertiary alicyclic amines) is 1. The lowest BCUT2D eigenvalue weighted by Gasteiger charge is -2.26. The topological polar surface area (TPSA) is 57.6 Å². The Labute approximate surface area is 139 Å². The van der Waals surface area contributed by atoms with Crippen LogP contribution < -0.4 is 0 Å². The summed E-state index contributed by atoms with van der Waals surface area (Å²) in [7, 11) is 0. The normalized spacial score (nSPS) is 14.5. The van der Waals surface area contributed by atoms with E-state index < -0.39 is 11.8 Å². The van der Waals surface area contributed by atoms with Gasteiger partial charge in [-0.1, -0.05) is 12.1 Å². The highest BCUT2D eigenvalue weighted by Crippen LogP contribution is 2.23. The first kappa shape index (κ1) is 16.2. The SMILES string of the molecule is O=C(O)c1cc(F)cc(-c2ccc(C(=O)N3CCCCC3)cc2)c1. The van der Waals surface area contributed by atoms with Crippen molar-refractivity contribution < 1.29 is 19.1 Å². The summed E-state index contributed by atoms with van der Waals surface area (Å²) < 4.78 is 13.6. The Morgan fingerprint density at radius 2 is 1.54 bits per heavy atom. The summed E-state index contributed by atoms with van der Waals surface area (Å²) >= 11 is 0. The van der Waals surface area contributed by atoms with E-state index >= 15 is 0 Å². The number of hydrogen-bond acceptors (Lipinski definition) is 2. The van der Waals surface area contributed by atoms with Gasteiger partial charge < -0.3 is 10.0 Å². The monoisotopic (exact) mass is 327 g/mol. The fraction of sp³-hybridized carbons (Fsp3) is 0.263. The molecule has 1 heterocycles. The number of halogens is 1. The fourth-order valence-electron chi connectivity index (χ4n) is 2.96. The van der Waals surface area contributed by atoms with Crippen molar-refractivity contribution in [1.82, 2.24) is 4.90 Å². The van der Waals surface area contributed by atoms with Gasteiger partial charge in [0.05, 0.1) is 5.56 Å². The quantitative estimate of drug-likeness (QED) is 0.932. The molecule has 0 unspecified atom stereocenters. The van der Waals surface area contributed by atoms with E-state index in [1.54, 1.807) is 24.3 Å². The van der Waals surface area contributed by atoms with Gasteiger partial charge in [0.15, 0.2) is 0 Å². The number of nitrogens with zero attached hydrogens (tertiary/aromatic N) is 1. The molecule has 1 aliphatic heterocycles. The number of aromatic carboxylic acids is 1. The maximum Gasteiger partial charge on any atom is 0.335 e. The molecule has 1 fully saturated rings. The summed E-state index contributed by atoms with van der Waals surface area (Å²) in [5, 5.41) is 9.02. The zero-order valence-electron chi connectivity index (χ0n) is 13.2. The smallest absolute Gasteiger partial charge is 0.335 e. The van der Waals surface area contributed by atoms with Gasteiger partial charge in [0, 0.05) is 18.7 Å². The van der Waals surface area contributed by atoms with E-state index in [0.717, 1.165) is 38.4 Å². The largest absolute Gasteiger partial charge is 0.478 e. The molecule has 0 aromatic heterocycles. The maximum absolute atomic E-state index is 13.6. The molecule has 5 heteroatoms. The van der Waals surface area contributed by atoms with Gasteiger partial charge in [0.2, 0.25) is 0 Å². The second-order valence-corrected chi connectivity index (χ2v) is 5.96. The molecule has 24 heavy (non-hydrogen) atoms. The molecule has 0 aliphatic carbocycles. The zero-order chi connectivity index (χ0) is 17.1. The van der Waals surface area contributed by atoms with Gasteiger partial charge in [0.25, 0.3) is 5.91 Å². The number of carboxylic acids is 1. The fourth-order valence-corrected chi connectivity index (χ4v) is 2.96. The van der Waals surface area contributed by atoms with Crippen molar-refractivity contribution in [3.8, 4) is 11.1 Å². The van der Waals surface area contributed by atoms with Crippen molar-refractivity contribution in [2.45, 2.75) is 19.3 Å². The van der Waals surface area contributed by atoms with Crippen LogP contribution in [0.25, 0.3) is 11.1 Å². The van der Waals surface area contributed by atoms with Crippen molar-refractivity contribution in [2.24, 2.45) is 0 Å². The Hall–Kier alpha value is -2.69. The lowest BCUT2D eigenvalue weighted by molar-refractivity contribution is 0.0694. The summed E-state index contributed by atoms with van der Waals surface area (Å²) in [6, 6.07) is 10.5. The van der Waals surface area contributed by atoms with Crippen LogP contribution >= 0.6 is 0 Å². The maximum atomic E-state index is 13.6. The third-order valence-electron chi connectivity index (χ3n) is 4.25. The van der Waals surface area contributed by atoms with E-state index in [9.17, 15) is 14.0 Å². The van der Waals surface area contributed by atoms with E-state index in [2.05, 4.69) is 0 Å². The number of carbonyl (C=O) groups is 2. The Balaban J connectivity index is 1.84. The van der Waals surface area contributed by atoms with Gasteiger partial charge in [-0.15, -0.1) is 0 Å². The first-order chi connectivity index (χ1) is 11.5. The Kier molecular flexibility index (Phi) is 4.60. The van der Waals surface area contributed by atoms with Gasteiger partial charge >= 0.3 is 5.97 Å². The second-order valence-electron chi connectivity index (χ2n) is 5.96. The van der Waals surface area contributed by atoms with Gasteiger partial charge in [-0.3, -0.25) is 4.79 Å². The summed E-state index contributed by atoms with van der Waals surface area (Å²) in [6.45, 7) is 1.57. The number of carboxylic acid groups (broad SMARTS) is 1. The minimum Gasteiger partial charge on any atom is -0.478 e. The Bertz CT molecular complexity index is 765. The van der Waals surface area contributed by atoms with Crippen LogP contribution in [0.3, 0.4) is 0 Å². The molecule has 3 rings (SSSR count). The lowest BCUT2D eigenvalue weighted by Crippen LogP contribution is -2.35. The van der Waals surface area contributed by atoms with Crippen molar-refractivity contribution >= 4 is 11.9 Å². The third-order valence-corrected chi connectivity index (χ3v) is 4.25. The molecule has 2 aromatic carbocycles. The van der Waals surface area contributed by atoms with Gasteiger partial charge in [-0.2, -0.15) is 0 Å². The highest BCUT2D eigenvalue weighted by atomic mass is 19.1. The molecular weight excluding hydrogens is 309 g/mol. The number of benzene rings is 2. The van der Waals surface area contributed by atoms with Crippen LogP contribution in [-0.4, -0.2) is 35.0 Å². The van der Waals surface area contributed by atoms with Crippen molar-refractivity contribution in [2.75, 3.05) is 13.1 Å². The van der Waals surface area contributed by atoms with Gasteiger partial charge in [-0.25, -0.2) is 9.18 Å². The number of piperidine rings is 1. The van der Waals surface area contributed by atoms with Crippen molar-refractivity contribution in [3.05, 3.63) is 59.4 Å². The van der Waals surface area contributed by atoms with E-state index in [4.69, 9.17) is 5.11 Å². The number of amides is 1. The molecule has 124 valence electrons. The standard InChI is InChI=1S/C19H18FNO3/c20-17-11-15(10-16(12-17)19(23)24)13-4-6-14(7-5-13)18(22)21-8-2-1-3-9-21/h4-7,10-12H,1-3,8-9H2,(H,23,24). The summed E-state index contributed by atoms with van der Waals surface area (Å²) in [4.78, 5) is 25.3. The van der Waals surface area contributed by atoms with Crippen molar-refractivity contribution in [3.63, 3.8) is 0 Å². The molecule has 1 amide bonds. The molecule has 0 saturated carbocycles. The van der Waals surface area contributed by atoms with E-state index in [-0.39, 0.29) is 11.5 Å². The average molecular weight is 327 g/mol. The first-order valence-electron chi connectivity index (χ1n) is 7.98. The molecule has 1 N–H and O–H groups in total. The number of hydrogen-bond donors (Lipinski definition) is 1. The van der Waals surface area contributed by atoms with Crippen LogP contribution in [0.5, 0.6) is 0 Å². The van der Waals surface area contributed by atoms with Crippen LogP contribution in [0.1, 0.15) is 40.0 Å². The number of carbonyl (C=O) groups excluding carboxylic acids is 1. The minimum absolute atomic E-state index is 0.00622. The predicted octanol–water partition coefficient (Wildman–Crippen LogP) is 3.82. The van der Waals surface area contributed by atoms with Crippen LogP contribution in [-0.2, 0) is 0 Å². The van der Waals surface area contributed by atoms with Crippen LogP contribution in [0.2, 0.25) is 0 Å². The minimum atomic E-state index is -1.17. The third kappa shape index (κ3) is 3.45. The molecule has 0 atom stereocenters. The van der Waals surface area contributed by atoms with E-state index in [1.807, 2.05) is 4.90 Å². The van der Waals surface area contributed by atoms with E-state index in [1.165, 1.54) is 12.1 Å². The van der Waals surface area contributed by atoms with Crippen LogP contribution in [0.15, 0.2) is 42.5 Å². The molecule has 0 radical (unpaired) electrons. The van der Waals surface area contributed by atoms with Crippen LogP contribution in [0.4, 0.5) is 4.39 Å². The summed E-state index contributed by atoms with van der Waals surface area (Å²) in [5.74, 6) is -1.77. The summed E-state index contributed by atoms with van der Waals surface area (Å²) in [6.07, 6.45) is 3.23. The predicted molar refractivity (Wildman–Crippen MR) is 88.5 cm³/mol. The van der Waals surface area contributed by atoms with Gasteiger partial charge in [0.1, 0.15) is 5.82 Å².